The predicted octanol–water partition coefficient (Wildman–Crippen LogP) is 2.07. The van der Waals surface area contributed by atoms with Gasteiger partial charge in [-0.3, -0.25) is 0 Å². The van der Waals surface area contributed by atoms with E-state index in [0.29, 0.717) is 18.2 Å². The molecule has 2 rings (SSSR count). The van der Waals surface area contributed by atoms with Crippen molar-refractivity contribution in [3.8, 4) is 0 Å². The molecule has 0 bridgehead atoms. The van der Waals surface area contributed by atoms with Crippen LogP contribution in [0.4, 0.5) is 15.8 Å². The molecule has 1 fully saturated rings. The fraction of sp³-hybridized carbons (Fsp3) is 0.500. The molecule has 0 aromatic heterocycles. The van der Waals surface area contributed by atoms with E-state index in [1.807, 2.05) is 0 Å². The zero-order valence-corrected chi connectivity index (χ0v) is 11.1. The number of nitrogens with two attached hydrogens (primary N) is 1. The number of aliphatic hydroxyl groups excluding tert-OH is 1. The van der Waals surface area contributed by atoms with Crippen molar-refractivity contribution < 1.29 is 19.4 Å². The fourth-order valence-electron chi connectivity index (χ4n) is 2.61. The lowest BCUT2D eigenvalue weighted by Crippen LogP contribution is -2.25. The number of rotatable bonds is 4. The van der Waals surface area contributed by atoms with Crippen molar-refractivity contribution in [2.75, 3.05) is 17.6 Å². The number of aromatic carboxylic acids is 1. The molecule has 1 aromatic carbocycles. The van der Waals surface area contributed by atoms with E-state index in [9.17, 15) is 14.3 Å². The monoisotopic (exact) mass is 282 g/mol. The molecule has 2 atom stereocenters. The second-order valence-corrected chi connectivity index (χ2v) is 5.29. The van der Waals surface area contributed by atoms with E-state index in [0.717, 1.165) is 37.8 Å². The number of anilines is 2. The highest BCUT2D eigenvalue weighted by Crippen LogP contribution is 2.27. The molecule has 20 heavy (non-hydrogen) atoms. The number of hydrogen-bond donors (Lipinski definition) is 4. The first-order valence-electron chi connectivity index (χ1n) is 6.71. The minimum absolute atomic E-state index is 0.208. The molecular weight excluding hydrogens is 263 g/mol. The fourth-order valence-corrected chi connectivity index (χ4v) is 2.61. The van der Waals surface area contributed by atoms with Gasteiger partial charge in [0.15, 0.2) is 0 Å². The van der Waals surface area contributed by atoms with Crippen LogP contribution in [0.2, 0.25) is 0 Å². The topological polar surface area (TPSA) is 95.6 Å². The molecule has 110 valence electrons. The van der Waals surface area contributed by atoms with Crippen LogP contribution in [0.15, 0.2) is 12.1 Å². The first kappa shape index (κ1) is 14.6. The molecule has 6 heteroatoms. The summed E-state index contributed by atoms with van der Waals surface area (Å²) in [5, 5.41) is 21.4. The van der Waals surface area contributed by atoms with Gasteiger partial charge in [0.1, 0.15) is 5.82 Å². The van der Waals surface area contributed by atoms with E-state index in [2.05, 4.69) is 5.32 Å². The molecule has 0 heterocycles. The lowest BCUT2D eigenvalue weighted by atomic mass is 9.87. The number of nitrogens with one attached hydrogen (secondary N) is 1. The van der Waals surface area contributed by atoms with Gasteiger partial charge in [-0.15, -0.1) is 0 Å². The lowest BCUT2D eigenvalue weighted by Gasteiger charge is -2.26. The summed E-state index contributed by atoms with van der Waals surface area (Å²) in [6.45, 7) is 0.590. The summed E-state index contributed by atoms with van der Waals surface area (Å²) in [4.78, 5) is 10.8. The highest BCUT2D eigenvalue weighted by molar-refractivity contribution is 5.90. The minimum Gasteiger partial charge on any atom is -0.478 e. The molecule has 5 nitrogen and oxygen atoms in total. The molecule has 1 aliphatic rings. The maximum atomic E-state index is 13.6. The van der Waals surface area contributed by atoms with Gasteiger partial charge in [0, 0.05) is 6.54 Å². The third kappa shape index (κ3) is 3.39. The molecule has 5 N–H and O–H groups in total. The highest BCUT2D eigenvalue weighted by atomic mass is 19.1. The van der Waals surface area contributed by atoms with E-state index in [-0.39, 0.29) is 11.8 Å². The predicted molar refractivity (Wildman–Crippen MR) is 74.2 cm³/mol. The van der Waals surface area contributed by atoms with Crippen LogP contribution in [0.5, 0.6) is 0 Å². The second kappa shape index (κ2) is 6.09. The van der Waals surface area contributed by atoms with Gasteiger partial charge in [0.05, 0.1) is 23.0 Å². The Morgan fingerprint density at radius 3 is 2.85 bits per heavy atom. The van der Waals surface area contributed by atoms with E-state index in [4.69, 9.17) is 10.8 Å². The Hall–Kier alpha value is -1.82. The van der Waals surface area contributed by atoms with Gasteiger partial charge in [-0.1, -0.05) is 6.42 Å². The van der Waals surface area contributed by atoms with Crippen molar-refractivity contribution in [2.24, 2.45) is 5.92 Å². The molecule has 0 spiro atoms. The van der Waals surface area contributed by atoms with Crippen molar-refractivity contribution >= 4 is 17.3 Å². The molecule has 0 saturated heterocycles. The van der Waals surface area contributed by atoms with Crippen LogP contribution in [0.3, 0.4) is 0 Å². The third-order valence-electron chi connectivity index (χ3n) is 3.71. The summed E-state index contributed by atoms with van der Waals surface area (Å²) in [7, 11) is 0. The number of aliphatic hydroxyl groups is 1. The largest absolute Gasteiger partial charge is 0.478 e. The van der Waals surface area contributed by atoms with Gasteiger partial charge >= 0.3 is 5.97 Å². The van der Waals surface area contributed by atoms with Crippen molar-refractivity contribution in [2.45, 2.75) is 31.8 Å². The summed E-state index contributed by atoms with van der Waals surface area (Å²) >= 11 is 0. The number of carbonyl (C=O) groups is 1. The SMILES string of the molecule is Nc1cc(C(=O)O)c(F)cc1NCC1CCCC(O)C1. The third-order valence-corrected chi connectivity index (χ3v) is 3.71. The molecule has 1 saturated carbocycles. The number of nitrogen functional groups attached to an aromatic ring is 1. The van der Waals surface area contributed by atoms with Crippen LogP contribution in [0, 0.1) is 11.7 Å². The zero-order valence-electron chi connectivity index (χ0n) is 11.1. The molecular formula is C14H19FN2O3. The number of halogens is 1. The van der Waals surface area contributed by atoms with Crippen LogP contribution in [-0.2, 0) is 0 Å². The Bertz CT molecular complexity index is 507. The molecule has 2 unspecified atom stereocenters. The van der Waals surface area contributed by atoms with Gasteiger partial charge in [0.2, 0.25) is 0 Å². The van der Waals surface area contributed by atoms with Crippen LogP contribution in [-0.4, -0.2) is 28.8 Å². The number of carboxylic acid groups (broad SMARTS) is 1. The number of benzene rings is 1. The standard InChI is InChI=1S/C14H19FN2O3/c15-11-6-13(12(16)5-10(11)14(19)20)17-7-8-2-1-3-9(18)4-8/h5-6,8-9,17-18H,1-4,7,16H2,(H,19,20). The molecule has 0 amide bonds. The zero-order chi connectivity index (χ0) is 14.7. The van der Waals surface area contributed by atoms with E-state index < -0.39 is 17.3 Å². The first-order valence-corrected chi connectivity index (χ1v) is 6.71. The smallest absolute Gasteiger partial charge is 0.338 e. The Kier molecular flexibility index (Phi) is 4.44. The van der Waals surface area contributed by atoms with Crippen LogP contribution in [0.25, 0.3) is 0 Å². The van der Waals surface area contributed by atoms with Crippen molar-refractivity contribution in [3.05, 3.63) is 23.5 Å². The Morgan fingerprint density at radius 1 is 1.45 bits per heavy atom. The lowest BCUT2D eigenvalue weighted by molar-refractivity contribution is 0.0692. The van der Waals surface area contributed by atoms with Gasteiger partial charge in [-0.25, -0.2) is 9.18 Å². The van der Waals surface area contributed by atoms with Gasteiger partial charge in [-0.2, -0.15) is 0 Å². The summed E-state index contributed by atoms with van der Waals surface area (Å²) < 4.78 is 13.6. The van der Waals surface area contributed by atoms with E-state index in [1.165, 1.54) is 0 Å². The van der Waals surface area contributed by atoms with Gasteiger partial charge in [0.25, 0.3) is 0 Å². The Labute approximate surface area is 116 Å². The van der Waals surface area contributed by atoms with Crippen molar-refractivity contribution in [3.63, 3.8) is 0 Å². The molecule has 1 aliphatic carbocycles. The van der Waals surface area contributed by atoms with Crippen LogP contribution >= 0.6 is 0 Å². The summed E-state index contributed by atoms with van der Waals surface area (Å²) in [5.74, 6) is -1.82. The van der Waals surface area contributed by atoms with E-state index >= 15 is 0 Å². The Morgan fingerprint density at radius 2 is 2.20 bits per heavy atom. The highest BCUT2D eigenvalue weighted by Gasteiger charge is 2.20. The summed E-state index contributed by atoms with van der Waals surface area (Å²) in [6.07, 6.45) is 3.29. The molecule has 1 aromatic rings. The second-order valence-electron chi connectivity index (χ2n) is 5.29. The quantitative estimate of drug-likeness (QED) is 0.634. The van der Waals surface area contributed by atoms with Crippen molar-refractivity contribution in [1.82, 2.24) is 0 Å². The van der Waals surface area contributed by atoms with E-state index in [1.54, 1.807) is 0 Å². The van der Waals surface area contributed by atoms with Crippen molar-refractivity contribution in [1.29, 1.82) is 0 Å². The van der Waals surface area contributed by atoms with Crippen LogP contribution < -0.4 is 11.1 Å². The molecule has 0 aliphatic heterocycles. The number of hydrogen-bond acceptors (Lipinski definition) is 4. The first-order chi connectivity index (χ1) is 9.47. The van der Waals surface area contributed by atoms with Gasteiger partial charge < -0.3 is 21.3 Å². The normalized spacial score (nSPS) is 22.5. The average Bonchev–Trinajstić information content (AvgIpc) is 2.39. The summed E-state index contributed by atoms with van der Waals surface area (Å²) in [5.41, 5.74) is 5.90. The minimum atomic E-state index is -1.34. The van der Waals surface area contributed by atoms with Crippen LogP contribution in [0.1, 0.15) is 36.0 Å². The molecule has 0 radical (unpaired) electrons. The number of carboxylic acids is 1. The van der Waals surface area contributed by atoms with Gasteiger partial charge in [-0.05, 0) is 37.3 Å². The average molecular weight is 282 g/mol. The maximum absolute atomic E-state index is 13.6. The summed E-state index contributed by atoms with van der Waals surface area (Å²) in [6, 6.07) is 2.23. The Balaban J connectivity index is 2.02. The maximum Gasteiger partial charge on any atom is 0.338 e.